The third kappa shape index (κ3) is 3.42. The van der Waals surface area contributed by atoms with Gasteiger partial charge in [-0.2, -0.15) is 0 Å². The number of hydrogen-bond donors (Lipinski definition) is 2. The second-order valence-corrected chi connectivity index (χ2v) is 5.50. The van der Waals surface area contributed by atoms with Crippen molar-refractivity contribution in [2.24, 2.45) is 11.7 Å². The summed E-state index contributed by atoms with van der Waals surface area (Å²) in [6.45, 7) is 0. The monoisotopic (exact) mass is 240 g/mol. The molecule has 0 aliphatic heterocycles. The van der Waals surface area contributed by atoms with Crippen molar-refractivity contribution in [1.82, 2.24) is 5.32 Å². The summed E-state index contributed by atoms with van der Waals surface area (Å²) in [6.07, 6.45) is 7.40. The minimum absolute atomic E-state index is 0.139. The first-order valence-corrected chi connectivity index (χ1v) is 6.77. The number of nitrogens with two attached hydrogens (primary N) is 1. The van der Waals surface area contributed by atoms with E-state index in [-0.39, 0.29) is 17.9 Å². The van der Waals surface area contributed by atoms with Crippen LogP contribution in [-0.2, 0) is 9.53 Å². The van der Waals surface area contributed by atoms with Crippen molar-refractivity contribution in [3.63, 3.8) is 0 Å². The lowest BCUT2D eigenvalue weighted by atomic mass is 9.85. The van der Waals surface area contributed by atoms with Crippen LogP contribution in [0.5, 0.6) is 0 Å². The molecule has 2 rings (SSSR count). The number of carbonyl (C=O) groups excluding carboxylic acids is 1. The van der Waals surface area contributed by atoms with Crippen LogP contribution in [0.4, 0.5) is 0 Å². The molecule has 0 aromatic rings. The number of methoxy groups -OCH3 is 1. The van der Waals surface area contributed by atoms with E-state index < -0.39 is 0 Å². The lowest BCUT2D eigenvalue weighted by Gasteiger charge is -2.27. The van der Waals surface area contributed by atoms with Crippen LogP contribution in [0.15, 0.2) is 0 Å². The Hall–Kier alpha value is -0.610. The number of hydrogen-bond acceptors (Lipinski definition) is 3. The van der Waals surface area contributed by atoms with Crippen molar-refractivity contribution < 1.29 is 9.53 Å². The number of nitrogens with one attached hydrogen (secondary N) is 1. The van der Waals surface area contributed by atoms with E-state index in [9.17, 15) is 4.79 Å². The van der Waals surface area contributed by atoms with Crippen LogP contribution >= 0.6 is 0 Å². The van der Waals surface area contributed by atoms with E-state index >= 15 is 0 Å². The van der Waals surface area contributed by atoms with Gasteiger partial charge in [0.15, 0.2) is 0 Å². The third-order valence-electron chi connectivity index (χ3n) is 4.15. The van der Waals surface area contributed by atoms with Gasteiger partial charge >= 0.3 is 0 Å². The van der Waals surface area contributed by atoms with Gasteiger partial charge in [-0.3, -0.25) is 4.79 Å². The van der Waals surface area contributed by atoms with Crippen LogP contribution in [0, 0.1) is 5.92 Å². The average molecular weight is 240 g/mol. The number of ether oxygens (including phenoxy) is 1. The molecule has 4 unspecified atom stereocenters. The highest BCUT2D eigenvalue weighted by Crippen LogP contribution is 2.25. The number of carbonyl (C=O) groups is 1. The summed E-state index contributed by atoms with van der Waals surface area (Å²) < 4.78 is 5.31. The van der Waals surface area contributed by atoms with Crippen molar-refractivity contribution in [1.29, 1.82) is 0 Å². The summed E-state index contributed by atoms with van der Waals surface area (Å²) in [5.41, 5.74) is 5.91. The Morgan fingerprint density at radius 3 is 2.71 bits per heavy atom. The quantitative estimate of drug-likeness (QED) is 0.779. The first-order chi connectivity index (χ1) is 8.19. The first kappa shape index (κ1) is 12.8. The molecular formula is C13H24N2O2. The predicted octanol–water partition coefficient (Wildman–Crippen LogP) is 1.19. The number of rotatable bonds is 3. The zero-order valence-corrected chi connectivity index (χ0v) is 10.7. The highest BCUT2D eigenvalue weighted by Gasteiger charge is 2.30. The maximum atomic E-state index is 12.1. The topological polar surface area (TPSA) is 64.3 Å². The van der Waals surface area contributed by atoms with E-state index in [0.29, 0.717) is 12.1 Å². The average Bonchev–Trinajstić information content (AvgIpc) is 2.77. The summed E-state index contributed by atoms with van der Waals surface area (Å²) >= 11 is 0. The predicted molar refractivity (Wildman–Crippen MR) is 66.5 cm³/mol. The number of amides is 1. The molecule has 2 fully saturated rings. The van der Waals surface area contributed by atoms with E-state index in [0.717, 1.165) is 44.9 Å². The Balaban J connectivity index is 1.77. The largest absolute Gasteiger partial charge is 0.381 e. The molecule has 17 heavy (non-hydrogen) atoms. The zero-order valence-electron chi connectivity index (χ0n) is 10.7. The minimum Gasteiger partial charge on any atom is -0.381 e. The fourth-order valence-electron chi connectivity index (χ4n) is 3.07. The molecule has 98 valence electrons. The second-order valence-electron chi connectivity index (χ2n) is 5.50. The van der Waals surface area contributed by atoms with Crippen LogP contribution in [-0.4, -0.2) is 31.2 Å². The van der Waals surface area contributed by atoms with Crippen LogP contribution < -0.4 is 11.1 Å². The zero-order chi connectivity index (χ0) is 12.3. The summed E-state index contributed by atoms with van der Waals surface area (Å²) in [5.74, 6) is 0.349. The molecule has 4 atom stereocenters. The Morgan fingerprint density at radius 1 is 1.24 bits per heavy atom. The Kier molecular flexibility index (Phi) is 4.40. The van der Waals surface area contributed by atoms with Crippen molar-refractivity contribution in [2.75, 3.05) is 7.11 Å². The molecule has 0 saturated heterocycles. The van der Waals surface area contributed by atoms with Gasteiger partial charge in [0.2, 0.25) is 5.91 Å². The Bertz CT molecular complexity index is 270. The van der Waals surface area contributed by atoms with Crippen molar-refractivity contribution in [2.45, 2.75) is 63.1 Å². The van der Waals surface area contributed by atoms with Crippen molar-refractivity contribution in [3.8, 4) is 0 Å². The standard InChI is InChI=1S/C13H24N2O2/c1-17-12-6-5-11(8-12)15-13(16)9-3-2-4-10(14)7-9/h9-12H,2-8,14H2,1H3,(H,15,16). The van der Waals surface area contributed by atoms with Gasteiger partial charge in [0.25, 0.3) is 0 Å². The summed E-state index contributed by atoms with van der Waals surface area (Å²) in [6, 6.07) is 0.528. The van der Waals surface area contributed by atoms with Crippen LogP contribution in [0.3, 0.4) is 0 Å². The maximum Gasteiger partial charge on any atom is 0.223 e. The molecule has 0 spiro atoms. The SMILES string of the molecule is COC1CCC(NC(=O)C2CCCC(N)C2)C1. The molecule has 0 bridgehead atoms. The Labute approximate surface area is 103 Å². The molecular weight excluding hydrogens is 216 g/mol. The van der Waals surface area contributed by atoms with Crippen LogP contribution in [0.1, 0.15) is 44.9 Å². The second kappa shape index (κ2) is 5.83. The highest BCUT2D eigenvalue weighted by atomic mass is 16.5. The highest BCUT2D eigenvalue weighted by molar-refractivity contribution is 5.79. The Morgan fingerprint density at radius 2 is 2.06 bits per heavy atom. The van der Waals surface area contributed by atoms with E-state index in [1.165, 1.54) is 0 Å². The molecule has 1 amide bonds. The van der Waals surface area contributed by atoms with E-state index in [4.69, 9.17) is 10.5 Å². The molecule has 0 radical (unpaired) electrons. The van der Waals surface area contributed by atoms with Gasteiger partial charge in [0, 0.05) is 25.1 Å². The lowest BCUT2D eigenvalue weighted by Crippen LogP contribution is -2.41. The first-order valence-electron chi connectivity index (χ1n) is 6.77. The lowest BCUT2D eigenvalue weighted by molar-refractivity contribution is -0.126. The van der Waals surface area contributed by atoms with Gasteiger partial charge in [0.05, 0.1) is 6.10 Å². The molecule has 0 aromatic heterocycles. The molecule has 4 heteroatoms. The van der Waals surface area contributed by atoms with Crippen LogP contribution in [0.25, 0.3) is 0 Å². The van der Waals surface area contributed by atoms with Gasteiger partial charge in [-0.1, -0.05) is 6.42 Å². The molecule has 2 aliphatic carbocycles. The normalized spacial score (nSPS) is 38.0. The summed E-state index contributed by atoms with van der Waals surface area (Å²) in [5, 5.41) is 3.16. The van der Waals surface area contributed by atoms with Crippen molar-refractivity contribution in [3.05, 3.63) is 0 Å². The molecule has 3 N–H and O–H groups in total. The van der Waals surface area contributed by atoms with E-state index in [1.54, 1.807) is 7.11 Å². The molecule has 2 saturated carbocycles. The van der Waals surface area contributed by atoms with Gasteiger partial charge < -0.3 is 15.8 Å². The summed E-state index contributed by atoms with van der Waals surface area (Å²) in [7, 11) is 1.75. The fourth-order valence-corrected chi connectivity index (χ4v) is 3.07. The maximum absolute atomic E-state index is 12.1. The van der Waals surface area contributed by atoms with Gasteiger partial charge in [-0.25, -0.2) is 0 Å². The molecule has 2 aliphatic rings. The summed E-state index contributed by atoms with van der Waals surface area (Å²) in [4.78, 5) is 12.1. The molecule has 0 heterocycles. The van der Waals surface area contributed by atoms with Gasteiger partial charge in [-0.15, -0.1) is 0 Å². The van der Waals surface area contributed by atoms with Crippen LogP contribution in [0.2, 0.25) is 0 Å². The van der Waals surface area contributed by atoms with Gasteiger partial charge in [-0.05, 0) is 38.5 Å². The molecule has 4 nitrogen and oxygen atoms in total. The van der Waals surface area contributed by atoms with E-state index in [2.05, 4.69) is 5.32 Å². The molecule has 0 aromatic carbocycles. The minimum atomic E-state index is 0.139. The van der Waals surface area contributed by atoms with Gasteiger partial charge in [0.1, 0.15) is 0 Å². The van der Waals surface area contributed by atoms with E-state index in [1.807, 2.05) is 0 Å². The smallest absolute Gasteiger partial charge is 0.223 e. The van der Waals surface area contributed by atoms with Crippen molar-refractivity contribution >= 4 is 5.91 Å². The third-order valence-corrected chi connectivity index (χ3v) is 4.15. The fraction of sp³-hybridized carbons (Fsp3) is 0.923.